The van der Waals surface area contributed by atoms with Crippen molar-refractivity contribution in [3.8, 4) is 5.75 Å². The van der Waals surface area contributed by atoms with Crippen molar-refractivity contribution in [3.63, 3.8) is 0 Å². The third-order valence-corrected chi connectivity index (χ3v) is 4.15. The maximum absolute atomic E-state index is 12.9. The summed E-state index contributed by atoms with van der Waals surface area (Å²) in [4.78, 5) is 14.2. The van der Waals surface area contributed by atoms with Gasteiger partial charge < -0.3 is 20.1 Å². The number of aromatic hydroxyl groups is 1. The number of carbonyl (C=O) groups excluding carboxylic acids is 1. The maximum Gasteiger partial charge on any atom is 0.255 e. The number of likely N-dealkylation sites (N-methyl/N-ethyl adjacent to an activating group) is 1. The summed E-state index contributed by atoms with van der Waals surface area (Å²) in [5, 5.41) is 12.5. The van der Waals surface area contributed by atoms with Crippen molar-refractivity contribution in [2.24, 2.45) is 0 Å². The van der Waals surface area contributed by atoms with Crippen molar-refractivity contribution in [1.29, 1.82) is 0 Å². The first-order chi connectivity index (χ1) is 9.94. The lowest BCUT2D eigenvalue weighted by Crippen LogP contribution is -2.55. The Morgan fingerprint density at radius 1 is 1.43 bits per heavy atom. The maximum atomic E-state index is 12.9. The highest BCUT2D eigenvalue weighted by molar-refractivity contribution is 5.96. The molecule has 0 aromatic heterocycles. The van der Waals surface area contributed by atoms with Crippen molar-refractivity contribution in [1.82, 2.24) is 10.2 Å². The molecule has 0 aliphatic carbocycles. The van der Waals surface area contributed by atoms with E-state index in [0.717, 1.165) is 25.0 Å². The number of phenols is 1. The lowest BCUT2D eigenvalue weighted by molar-refractivity contribution is -0.00659. The normalized spacial score (nSPS) is 17.7. The van der Waals surface area contributed by atoms with Crippen LogP contribution in [0.5, 0.6) is 5.75 Å². The molecule has 2 rings (SSSR count). The zero-order valence-corrected chi connectivity index (χ0v) is 12.4. The van der Waals surface area contributed by atoms with Crippen molar-refractivity contribution >= 4 is 5.91 Å². The number of hydrogen-bond acceptors (Lipinski definition) is 4. The molecule has 21 heavy (non-hydrogen) atoms. The lowest BCUT2D eigenvalue weighted by Gasteiger charge is -2.42. The van der Waals surface area contributed by atoms with E-state index in [1.165, 1.54) is 6.07 Å². The number of phenolic OH excluding ortho intramolecular Hbond substituents is 1. The van der Waals surface area contributed by atoms with E-state index in [4.69, 9.17) is 4.74 Å². The fourth-order valence-corrected chi connectivity index (χ4v) is 2.57. The highest BCUT2D eigenvalue weighted by Gasteiger charge is 2.35. The number of hydrogen-bond donors (Lipinski definition) is 2. The number of benzene rings is 1. The van der Waals surface area contributed by atoms with Gasteiger partial charge in [0.2, 0.25) is 0 Å². The molecule has 0 atom stereocenters. The molecule has 6 heteroatoms. The Hall–Kier alpha value is -1.66. The second kappa shape index (κ2) is 6.41. The molecule has 1 saturated heterocycles. The Kier molecular flexibility index (Phi) is 4.80. The summed E-state index contributed by atoms with van der Waals surface area (Å²) in [6.45, 7) is 1.78. The van der Waals surface area contributed by atoms with E-state index >= 15 is 0 Å². The minimum Gasteiger partial charge on any atom is -0.507 e. The quantitative estimate of drug-likeness (QED) is 0.881. The van der Waals surface area contributed by atoms with E-state index in [2.05, 4.69) is 10.2 Å². The molecule has 1 aromatic carbocycles. The van der Waals surface area contributed by atoms with Gasteiger partial charge in [-0.2, -0.15) is 0 Å². The van der Waals surface area contributed by atoms with Gasteiger partial charge in [0.1, 0.15) is 11.6 Å². The van der Waals surface area contributed by atoms with Crippen LogP contribution in [0.4, 0.5) is 4.39 Å². The van der Waals surface area contributed by atoms with Gasteiger partial charge in [-0.15, -0.1) is 0 Å². The van der Waals surface area contributed by atoms with Crippen LogP contribution in [0.25, 0.3) is 0 Å². The molecule has 2 N–H and O–H groups in total. The molecular formula is C15H21FN2O3. The molecule has 1 aliphatic rings. The third kappa shape index (κ3) is 3.51. The topological polar surface area (TPSA) is 61.8 Å². The molecular weight excluding hydrogens is 275 g/mol. The Morgan fingerprint density at radius 2 is 2.10 bits per heavy atom. The van der Waals surface area contributed by atoms with Gasteiger partial charge in [-0.25, -0.2) is 4.39 Å². The van der Waals surface area contributed by atoms with Gasteiger partial charge in [-0.1, -0.05) is 0 Å². The van der Waals surface area contributed by atoms with Gasteiger partial charge >= 0.3 is 0 Å². The minimum absolute atomic E-state index is 0.0809. The second-order valence-corrected chi connectivity index (χ2v) is 5.58. The van der Waals surface area contributed by atoms with Gasteiger partial charge in [0.15, 0.2) is 0 Å². The molecule has 0 radical (unpaired) electrons. The number of ether oxygens (including phenoxy) is 1. The highest BCUT2D eigenvalue weighted by Crippen LogP contribution is 2.25. The number of rotatable bonds is 4. The lowest BCUT2D eigenvalue weighted by atomic mass is 9.88. The molecule has 116 valence electrons. The fourth-order valence-electron chi connectivity index (χ4n) is 2.57. The number of halogens is 1. The number of carbonyl (C=O) groups is 1. The van der Waals surface area contributed by atoms with E-state index < -0.39 is 11.7 Å². The molecule has 1 amide bonds. The SMILES string of the molecule is CN(C)C1(CNC(=O)c2ccc(F)cc2O)CCOCC1. The molecule has 1 aliphatic heterocycles. The van der Waals surface area contributed by atoms with Crippen molar-refractivity contribution in [2.45, 2.75) is 18.4 Å². The van der Waals surface area contributed by atoms with Crippen LogP contribution in [0.3, 0.4) is 0 Å². The van der Waals surface area contributed by atoms with Gasteiger partial charge in [-0.05, 0) is 39.1 Å². The van der Waals surface area contributed by atoms with Gasteiger partial charge in [0, 0.05) is 31.4 Å². The first kappa shape index (κ1) is 15.7. The van der Waals surface area contributed by atoms with Crippen LogP contribution in [0.2, 0.25) is 0 Å². The summed E-state index contributed by atoms with van der Waals surface area (Å²) in [5.74, 6) is -1.32. The van der Waals surface area contributed by atoms with Crippen molar-refractivity contribution in [3.05, 3.63) is 29.6 Å². The first-order valence-electron chi connectivity index (χ1n) is 6.96. The van der Waals surface area contributed by atoms with Crippen LogP contribution in [0, 0.1) is 5.82 Å². The summed E-state index contributed by atoms with van der Waals surface area (Å²) >= 11 is 0. The second-order valence-electron chi connectivity index (χ2n) is 5.58. The summed E-state index contributed by atoms with van der Waals surface area (Å²) in [6.07, 6.45) is 1.66. The number of nitrogens with zero attached hydrogens (tertiary/aromatic N) is 1. The van der Waals surface area contributed by atoms with Crippen LogP contribution in [0.15, 0.2) is 18.2 Å². The van der Waals surface area contributed by atoms with Gasteiger partial charge in [0.25, 0.3) is 5.91 Å². The van der Waals surface area contributed by atoms with E-state index in [1.54, 1.807) is 0 Å². The van der Waals surface area contributed by atoms with E-state index in [0.29, 0.717) is 19.8 Å². The molecule has 5 nitrogen and oxygen atoms in total. The number of nitrogens with one attached hydrogen (secondary N) is 1. The summed E-state index contributed by atoms with van der Waals surface area (Å²) in [6, 6.07) is 3.38. The van der Waals surface area contributed by atoms with Crippen molar-refractivity contribution < 1.29 is 19.0 Å². The minimum atomic E-state index is -0.571. The van der Waals surface area contributed by atoms with Gasteiger partial charge in [0.05, 0.1) is 5.56 Å². The summed E-state index contributed by atoms with van der Waals surface area (Å²) in [5.41, 5.74) is -0.0684. The van der Waals surface area contributed by atoms with Crippen LogP contribution >= 0.6 is 0 Å². The third-order valence-electron chi connectivity index (χ3n) is 4.15. The van der Waals surface area contributed by atoms with E-state index in [-0.39, 0.29) is 16.9 Å². The van der Waals surface area contributed by atoms with E-state index in [1.807, 2.05) is 14.1 Å². The average molecular weight is 296 g/mol. The first-order valence-corrected chi connectivity index (χ1v) is 6.96. The van der Waals surface area contributed by atoms with E-state index in [9.17, 15) is 14.3 Å². The standard InChI is InChI=1S/C15H21FN2O3/c1-18(2)15(5-7-21-8-6-15)10-17-14(20)12-4-3-11(16)9-13(12)19/h3-4,9,19H,5-8,10H2,1-2H3,(H,17,20). The predicted octanol–water partition coefficient (Wildman–Crippen LogP) is 1.37. The summed E-state index contributed by atoms with van der Waals surface area (Å²) < 4.78 is 18.3. The highest BCUT2D eigenvalue weighted by atomic mass is 19.1. The molecule has 0 bridgehead atoms. The zero-order valence-electron chi connectivity index (χ0n) is 12.4. The van der Waals surface area contributed by atoms with Crippen LogP contribution < -0.4 is 5.32 Å². The van der Waals surface area contributed by atoms with Gasteiger partial charge in [-0.3, -0.25) is 4.79 Å². The Bertz CT molecular complexity index is 514. The number of amides is 1. The predicted molar refractivity (Wildman–Crippen MR) is 76.9 cm³/mol. The smallest absolute Gasteiger partial charge is 0.255 e. The molecule has 0 unspecified atom stereocenters. The molecule has 0 saturated carbocycles. The van der Waals surface area contributed by atoms with Crippen molar-refractivity contribution in [2.75, 3.05) is 33.9 Å². The Labute approximate surface area is 123 Å². The molecule has 1 aromatic rings. The Balaban J connectivity index is 2.05. The molecule has 1 heterocycles. The fraction of sp³-hybridized carbons (Fsp3) is 0.533. The monoisotopic (exact) mass is 296 g/mol. The van der Waals surface area contributed by atoms with Crippen LogP contribution in [-0.2, 0) is 4.74 Å². The summed E-state index contributed by atoms with van der Waals surface area (Å²) in [7, 11) is 3.96. The van der Waals surface area contributed by atoms with Crippen LogP contribution in [0.1, 0.15) is 23.2 Å². The molecule has 0 spiro atoms. The Morgan fingerprint density at radius 3 is 2.67 bits per heavy atom. The zero-order chi connectivity index (χ0) is 15.5. The molecule has 1 fully saturated rings. The average Bonchev–Trinajstić information content (AvgIpc) is 2.45. The largest absolute Gasteiger partial charge is 0.507 e. The van der Waals surface area contributed by atoms with Crippen LogP contribution in [-0.4, -0.2) is 55.3 Å².